The van der Waals surface area contributed by atoms with Crippen molar-refractivity contribution in [3.8, 4) is 0 Å². The minimum atomic E-state index is -0.246. The Morgan fingerprint density at radius 3 is 2.32 bits per heavy atom. The third-order valence-electron chi connectivity index (χ3n) is 3.60. The Bertz CT molecular complexity index is 368. The van der Waals surface area contributed by atoms with Crippen molar-refractivity contribution in [3.05, 3.63) is 0 Å². The average molecular weight is 312 g/mol. The average Bonchev–Trinajstić information content (AvgIpc) is 2.52. The monoisotopic (exact) mass is 312 g/mol. The Hall–Kier alpha value is -1.79. The van der Waals surface area contributed by atoms with Gasteiger partial charge in [-0.2, -0.15) is 0 Å². The molecular formula is C15H28N4O3. The molecule has 0 atom stereocenters. The van der Waals surface area contributed by atoms with Crippen LogP contribution in [0.25, 0.3) is 0 Å². The summed E-state index contributed by atoms with van der Waals surface area (Å²) in [6.45, 7) is 2.81. The van der Waals surface area contributed by atoms with Crippen LogP contribution in [0, 0.1) is 0 Å². The molecule has 1 saturated carbocycles. The number of rotatable bonds is 8. The summed E-state index contributed by atoms with van der Waals surface area (Å²) >= 11 is 0. The fourth-order valence-corrected chi connectivity index (χ4v) is 2.37. The lowest BCUT2D eigenvalue weighted by Crippen LogP contribution is -2.44. The fourth-order valence-electron chi connectivity index (χ4n) is 2.37. The minimum Gasteiger partial charge on any atom is -0.355 e. The van der Waals surface area contributed by atoms with Crippen molar-refractivity contribution in [2.24, 2.45) is 0 Å². The summed E-state index contributed by atoms with van der Waals surface area (Å²) in [5.74, 6) is -0.442. The van der Waals surface area contributed by atoms with Crippen LogP contribution in [-0.2, 0) is 9.59 Å². The van der Waals surface area contributed by atoms with Crippen LogP contribution in [0.15, 0.2) is 0 Å². The van der Waals surface area contributed by atoms with E-state index in [2.05, 4.69) is 21.3 Å². The maximum absolute atomic E-state index is 11.7. The van der Waals surface area contributed by atoms with E-state index >= 15 is 0 Å². The summed E-state index contributed by atoms with van der Waals surface area (Å²) in [7, 11) is 0. The quantitative estimate of drug-likeness (QED) is 0.529. The first-order chi connectivity index (χ1) is 10.6. The standard InChI is InChI=1S/C15H28N4O3/c1-2-9-16-14(21)11-18-13(20)8-10-17-15(22)19-12-6-4-3-5-7-12/h12H,2-11H2,1H3,(H,16,21)(H,18,20)(H2,17,19,22). The molecule has 0 aromatic rings. The lowest BCUT2D eigenvalue weighted by molar-refractivity contribution is -0.126. The van der Waals surface area contributed by atoms with Crippen molar-refractivity contribution in [2.75, 3.05) is 19.6 Å². The van der Waals surface area contributed by atoms with E-state index in [0.29, 0.717) is 6.54 Å². The molecule has 4 amide bonds. The van der Waals surface area contributed by atoms with Crippen molar-refractivity contribution in [1.82, 2.24) is 21.3 Å². The second kappa shape index (κ2) is 10.9. The Kier molecular flexibility index (Phi) is 9.02. The van der Waals surface area contributed by atoms with Crippen molar-refractivity contribution in [2.45, 2.75) is 57.9 Å². The highest BCUT2D eigenvalue weighted by Gasteiger charge is 2.15. The van der Waals surface area contributed by atoms with E-state index in [1.165, 1.54) is 6.42 Å². The van der Waals surface area contributed by atoms with Crippen molar-refractivity contribution < 1.29 is 14.4 Å². The molecule has 1 rings (SSSR count). The Balaban J connectivity index is 2.03. The van der Waals surface area contributed by atoms with Gasteiger partial charge in [0.1, 0.15) is 0 Å². The van der Waals surface area contributed by atoms with Crippen LogP contribution in [0.1, 0.15) is 51.9 Å². The molecule has 0 bridgehead atoms. The van der Waals surface area contributed by atoms with E-state index in [4.69, 9.17) is 0 Å². The van der Waals surface area contributed by atoms with E-state index in [1.54, 1.807) is 0 Å². The SMILES string of the molecule is CCCNC(=O)CNC(=O)CCNC(=O)NC1CCCCC1. The Morgan fingerprint density at radius 1 is 0.909 bits per heavy atom. The fraction of sp³-hybridized carbons (Fsp3) is 0.800. The summed E-state index contributed by atoms with van der Waals surface area (Å²) in [6, 6.07) is 0.0326. The maximum Gasteiger partial charge on any atom is 0.315 e. The topological polar surface area (TPSA) is 99.3 Å². The second-order valence-corrected chi connectivity index (χ2v) is 5.61. The highest BCUT2D eigenvalue weighted by Crippen LogP contribution is 2.16. The molecule has 0 spiro atoms. The van der Waals surface area contributed by atoms with Gasteiger partial charge in [-0.25, -0.2) is 4.79 Å². The molecule has 7 nitrogen and oxygen atoms in total. The predicted octanol–water partition coefficient (Wildman–Crippen LogP) is 0.651. The predicted molar refractivity (Wildman–Crippen MR) is 84.3 cm³/mol. The van der Waals surface area contributed by atoms with E-state index < -0.39 is 0 Å². The Morgan fingerprint density at radius 2 is 1.64 bits per heavy atom. The van der Waals surface area contributed by atoms with Crippen LogP contribution >= 0.6 is 0 Å². The van der Waals surface area contributed by atoms with Crippen LogP contribution in [-0.4, -0.2) is 43.5 Å². The molecule has 1 aliphatic rings. The lowest BCUT2D eigenvalue weighted by atomic mass is 9.96. The van der Waals surface area contributed by atoms with E-state index in [9.17, 15) is 14.4 Å². The van der Waals surface area contributed by atoms with Crippen molar-refractivity contribution in [3.63, 3.8) is 0 Å². The molecule has 0 aliphatic heterocycles. The molecule has 1 aliphatic carbocycles. The number of hydrogen-bond donors (Lipinski definition) is 4. The van der Waals surface area contributed by atoms with Gasteiger partial charge in [-0.3, -0.25) is 9.59 Å². The zero-order chi connectivity index (χ0) is 16.2. The molecule has 0 radical (unpaired) electrons. The van der Waals surface area contributed by atoms with Gasteiger partial charge >= 0.3 is 6.03 Å². The van der Waals surface area contributed by atoms with E-state index in [1.807, 2.05) is 6.92 Å². The molecule has 7 heteroatoms. The zero-order valence-corrected chi connectivity index (χ0v) is 13.4. The summed E-state index contributed by atoms with van der Waals surface area (Å²) in [4.78, 5) is 34.5. The third-order valence-corrected chi connectivity index (χ3v) is 3.60. The van der Waals surface area contributed by atoms with Gasteiger partial charge in [-0.05, 0) is 19.3 Å². The molecule has 0 saturated heterocycles. The van der Waals surface area contributed by atoms with Crippen LogP contribution in [0.3, 0.4) is 0 Å². The van der Waals surface area contributed by atoms with Gasteiger partial charge in [0.15, 0.2) is 0 Å². The summed E-state index contributed by atoms with van der Waals surface area (Å²) < 4.78 is 0. The summed E-state index contributed by atoms with van der Waals surface area (Å²) in [5, 5.41) is 10.8. The van der Waals surface area contributed by atoms with Gasteiger partial charge in [-0.15, -0.1) is 0 Å². The number of nitrogens with one attached hydrogen (secondary N) is 4. The molecule has 4 N–H and O–H groups in total. The van der Waals surface area contributed by atoms with Gasteiger partial charge in [0.2, 0.25) is 11.8 Å². The normalized spacial score (nSPS) is 15.0. The summed E-state index contributed by atoms with van der Waals surface area (Å²) in [5.41, 5.74) is 0. The van der Waals surface area contributed by atoms with Crippen LogP contribution in [0.2, 0.25) is 0 Å². The molecule has 0 aromatic carbocycles. The Labute approximate surface area is 132 Å². The highest BCUT2D eigenvalue weighted by atomic mass is 16.2. The number of amides is 4. The minimum absolute atomic E-state index is 0.0207. The van der Waals surface area contributed by atoms with E-state index in [-0.39, 0.29) is 43.4 Å². The third kappa shape index (κ3) is 8.49. The van der Waals surface area contributed by atoms with E-state index in [0.717, 1.165) is 32.1 Å². The number of hydrogen-bond acceptors (Lipinski definition) is 3. The second-order valence-electron chi connectivity index (χ2n) is 5.61. The van der Waals surface area contributed by atoms with Gasteiger partial charge in [0.25, 0.3) is 0 Å². The first-order valence-electron chi connectivity index (χ1n) is 8.19. The molecule has 1 fully saturated rings. The van der Waals surface area contributed by atoms with Gasteiger partial charge in [0, 0.05) is 25.6 Å². The van der Waals surface area contributed by atoms with Crippen LogP contribution in [0.4, 0.5) is 4.79 Å². The lowest BCUT2D eigenvalue weighted by Gasteiger charge is -2.22. The van der Waals surface area contributed by atoms with Crippen LogP contribution < -0.4 is 21.3 Å². The first-order valence-corrected chi connectivity index (χ1v) is 8.19. The molecular weight excluding hydrogens is 284 g/mol. The number of carbonyl (C=O) groups excluding carboxylic acids is 3. The maximum atomic E-state index is 11.7. The molecule has 22 heavy (non-hydrogen) atoms. The van der Waals surface area contributed by atoms with Gasteiger partial charge in [-0.1, -0.05) is 26.2 Å². The van der Waals surface area contributed by atoms with Gasteiger partial charge in [0.05, 0.1) is 6.54 Å². The number of urea groups is 1. The number of carbonyl (C=O) groups is 3. The first kappa shape index (κ1) is 18.3. The molecule has 0 aromatic heterocycles. The largest absolute Gasteiger partial charge is 0.355 e. The summed E-state index contributed by atoms with van der Waals surface area (Å²) in [6.07, 6.45) is 6.65. The van der Waals surface area contributed by atoms with Crippen LogP contribution in [0.5, 0.6) is 0 Å². The molecule has 0 heterocycles. The van der Waals surface area contributed by atoms with Crippen molar-refractivity contribution >= 4 is 17.8 Å². The van der Waals surface area contributed by atoms with Gasteiger partial charge < -0.3 is 21.3 Å². The highest BCUT2D eigenvalue weighted by molar-refractivity contribution is 5.85. The smallest absolute Gasteiger partial charge is 0.315 e. The van der Waals surface area contributed by atoms with Crippen molar-refractivity contribution in [1.29, 1.82) is 0 Å². The molecule has 0 unspecified atom stereocenters. The molecule has 126 valence electrons. The zero-order valence-electron chi connectivity index (χ0n) is 13.4.